The van der Waals surface area contributed by atoms with E-state index in [1.807, 2.05) is 6.21 Å². The maximum Gasteiger partial charge on any atom is 0.159 e. The molecule has 1 aromatic heterocycles. The molecule has 0 saturated heterocycles. The topological polar surface area (TPSA) is 20.5 Å². The van der Waals surface area contributed by atoms with Gasteiger partial charge >= 0.3 is 0 Å². The summed E-state index contributed by atoms with van der Waals surface area (Å²) in [7, 11) is 0. The van der Waals surface area contributed by atoms with Crippen LogP contribution in [0, 0.1) is 0 Å². The van der Waals surface area contributed by atoms with E-state index in [4.69, 9.17) is 0 Å². The van der Waals surface area contributed by atoms with Gasteiger partial charge in [-0.3, -0.25) is 5.01 Å². The van der Waals surface area contributed by atoms with Gasteiger partial charge in [0.25, 0.3) is 0 Å². The van der Waals surface area contributed by atoms with Crippen molar-refractivity contribution in [3.63, 3.8) is 0 Å². The summed E-state index contributed by atoms with van der Waals surface area (Å²) in [4.78, 5) is 4.56. The lowest BCUT2D eigenvalue weighted by Crippen LogP contribution is -2.36. The molecule has 0 atom stereocenters. The van der Waals surface area contributed by atoms with Crippen LogP contribution in [-0.4, -0.2) is 17.4 Å². The van der Waals surface area contributed by atoms with E-state index in [1.165, 1.54) is 10.8 Å². The number of rotatable bonds is 0. The first-order valence-corrected chi connectivity index (χ1v) is 5.72. The highest BCUT2D eigenvalue weighted by molar-refractivity contribution is 5.97. The molecular formula is C14H11N3. The van der Waals surface area contributed by atoms with Gasteiger partial charge in [-0.25, -0.2) is 9.67 Å². The normalized spacial score (nSPS) is 16.9. The standard InChI is InChI=1S/C14H11N3/c1-2-7-13-11(5-1)10-17-14(13)15-9-12-6-3-4-8-16(12)17/h1-7,9-10H,8H2. The number of benzene rings is 1. The van der Waals surface area contributed by atoms with Crippen molar-refractivity contribution in [3.05, 3.63) is 54.4 Å². The van der Waals surface area contributed by atoms with E-state index >= 15 is 0 Å². The fourth-order valence-corrected chi connectivity index (χ4v) is 2.41. The van der Waals surface area contributed by atoms with Crippen LogP contribution in [0.15, 0.2) is 59.4 Å². The highest BCUT2D eigenvalue weighted by Crippen LogP contribution is 2.32. The third-order valence-corrected chi connectivity index (χ3v) is 3.24. The number of allylic oxidation sites excluding steroid dienone is 3. The Morgan fingerprint density at radius 3 is 3.12 bits per heavy atom. The van der Waals surface area contributed by atoms with Crippen LogP contribution in [-0.2, 0) is 0 Å². The summed E-state index contributed by atoms with van der Waals surface area (Å²) in [6, 6.07) is 8.36. The van der Waals surface area contributed by atoms with E-state index in [-0.39, 0.29) is 0 Å². The van der Waals surface area contributed by atoms with Gasteiger partial charge < -0.3 is 0 Å². The highest BCUT2D eigenvalue weighted by atomic mass is 15.6. The van der Waals surface area contributed by atoms with E-state index in [0.29, 0.717) is 0 Å². The fourth-order valence-electron chi connectivity index (χ4n) is 2.41. The molecule has 0 unspecified atom stereocenters. The molecule has 17 heavy (non-hydrogen) atoms. The first kappa shape index (κ1) is 8.82. The first-order chi connectivity index (χ1) is 8.43. The van der Waals surface area contributed by atoms with E-state index in [1.54, 1.807) is 0 Å². The smallest absolute Gasteiger partial charge is 0.159 e. The van der Waals surface area contributed by atoms with Gasteiger partial charge in [0.2, 0.25) is 0 Å². The quantitative estimate of drug-likeness (QED) is 0.670. The van der Waals surface area contributed by atoms with E-state index in [9.17, 15) is 0 Å². The molecule has 0 saturated carbocycles. The predicted molar refractivity (Wildman–Crippen MR) is 70.4 cm³/mol. The van der Waals surface area contributed by atoms with Crippen LogP contribution in [0.5, 0.6) is 0 Å². The van der Waals surface area contributed by atoms with Crippen LogP contribution < -0.4 is 5.01 Å². The number of nitrogens with zero attached hydrogens (tertiary/aromatic N) is 3. The molecule has 0 spiro atoms. The third kappa shape index (κ3) is 1.13. The van der Waals surface area contributed by atoms with Crippen molar-refractivity contribution in [2.24, 2.45) is 4.99 Å². The molecule has 2 aromatic rings. The van der Waals surface area contributed by atoms with Crippen molar-refractivity contribution < 1.29 is 0 Å². The zero-order chi connectivity index (χ0) is 11.2. The monoisotopic (exact) mass is 221 g/mol. The summed E-state index contributed by atoms with van der Waals surface area (Å²) >= 11 is 0. The van der Waals surface area contributed by atoms with E-state index in [2.05, 4.69) is 63.4 Å². The molecule has 0 N–H and O–H groups in total. The lowest BCUT2D eigenvalue weighted by atomic mass is 10.2. The minimum absolute atomic E-state index is 0.895. The van der Waals surface area contributed by atoms with Gasteiger partial charge in [0.05, 0.1) is 18.5 Å². The van der Waals surface area contributed by atoms with Gasteiger partial charge in [0.1, 0.15) is 0 Å². The van der Waals surface area contributed by atoms with Gasteiger partial charge in [-0.1, -0.05) is 36.4 Å². The number of fused-ring (bicyclic) bond motifs is 5. The first-order valence-electron chi connectivity index (χ1n) is 5.72. The molecule has 0 aliphatic carbocycles. The molecule has 0 amide bonds. The van der Waals surface area contributed by atoms with Crippen LogP contribution in [0.25, 0.3) is 10.8 Å². The Balaban J connectivity index is 2.02. The maximum atomic E-state index is 4.56. The Labute approximate surface area is 99.0 Å². The Hall–Kier alpha value is -2.29. The van der Waals surface area contributed by atoms with Crippen LogP contribution >= 0.6 is 0 Å². The van der Waals surface area contributed by atoms with Crippen LogP contribution in [0.4, 0.5) is 5.82 Å². The lowest BCUT2D eigenvalue weighted by molar-refractivity contribution is 0.710. The average molecular weight is 221 g/mol. The second-order valence-electron chi connectivity index (χ2n) is 4.24. The number of hydrogen-bond acceptors (Lipinski definition) is 2. The summed E-state index contributed by atoms with van der Waals surface area (Å²) in [5.74, 6) is 1.02. The largest absolute Gasteiger partial charge is 0.275 e. The van der Waals surface area contributed by atoms with Gasteiger partial charge in [0, 0.05) is 17.0 Å². The van der Waals surface area contributed by atoms with Crippen molar-refractivity contribution in [3.8, 4) is 0 Å². The highest BCUT2D eigenvalue weighted by Gasteiger charge is 2.20. The van der Waals surface area contributed by atoms with Crippen molar-refractivity contribution in [2.45, 2.75) is 0 Å². The number of aromatic nitrogens is 1. The molecule has 1 aromatic carbocycles. The molecule has 82 valence electrons. The maximum absolute atomic E-state index is 4.56. The van der Waals surface area contributed by atoms with E-state index in [0.717, 1.165) is 18.1 Å². The molecule has 3 heterocycles. The Morgan fingerprint density at radius 2 is 2.12 bits per heavy atom. The summed E-state index contributed by atoms with van der Waals surface area (Å²) < 4.78 is 2.14. The van der Waals surface area contributed by atoms with Gasteiger partial charge in [-0.2, -0.15) is 0 Å². The van der Waals surface area contributed by atoms with Crippen LogP contribution in [0.3, 0.4) is 0 Å². The summed E-state index contributed by atoms with van der Waals surface area (Å²) in [6.45, 7) is 0.895. The SMILES string of the molecule is C1=CCN2C(=C1)C=Nc1c3ccccc3cn12. The Morgan fingerprint density at radius 1 is 1.18 bits per heavy atom. The van der Waals surface area contributed by atoms with Crippen molar-refractivity contribution in [1.29, 1.82) is 0 Å². The van der Waals surface area contributed by atoms with Gasteiger partial charge in [-0.15, -0.1) is 0 Å². The predicted octanol–water partition coefficient (Wildman–Crippen LogP) is 2.75. The summed E-state index contributed by atoms with van der Waals surface area (Å²) in [5, 5.41) is 4.66. The van der Waals surface area contributed by atoms with E-state index < -0.39 is 0 Å². The number of hydrogen-bond donors (Lipinski definition) is 0. The van der Waals surface area contributed by atoms with Crippen molar-refractivity contribution in [2.75, 3.05) is 11.6 Å². The molecule has 4 rings (SSSR count). The minimum atomic E-state index is 0.895. The minimum Gasteiger partial charge on any atom is -0.275 e. The fraction of sp³-hybridized carbons (Fsp3) is 0.0714. The van der Waals surface area contributed by atoms with Gasteiger partial charge in [-0.05, 0) is 6.08 Å². The molecule has 0 bridgehead atoms. The molecule has 0 fully saturated rings. The number of aliphatic imine (C=N–C) groups is 1. The lowest BCUT2D eigenvalue weighted by Gasteiger charge is -2.30. The summed E-state index contributed by atoms with van der Waals surface area (Å²) in [6.07, 6.45) is 10.4. The average Bonchev–Trinajstić information content (AvgIpc) is 2.78. The van der Waals surface area contributed by atoms with Gasteiger partial charge in [0.15, 0.2) is 5.82 Å². The van der Waals surface area contributed by atoms with Crippen LogP contribution in [0.1, 0.15) is 0 Å². The summed E-state index contributed by atoms with van der Waals surface area (Å²) in [5.41, 5.74) is 1.14. The zero-order valence-electron chi connectivity index (χ0n) is 9.24. The molecular weight excluding hydrogens is 210 g/mol. The molecule has 2 aliphatic rings. The molecule has 2 aliphatic heterocycles. The van der Waals surface area contributed by atoms with Crippen LogP contribution in [0.2, 0.25) is 0 Å². The molecule has 0 radical (unpaired) electrons. The second-order valence-corrected chi connectivity index (χ2v) is 4.24. The Kier molecular flexibility index (Phi) is 1.61. The third-order valence-electron chi connectivity index (χ3n) is 3.24. The van der Waals surface area contributed by atoms with Crippen molar-refractivity contribution in [1.82, 2.24) is 4.68 Å². The molecule has 3 heteroatoms. The van der Waals surface area contributed by atoms with Crippen molar-refractivity contribution >= 4 is 22.8 Å². The Bertz CT molecular complexity index is 689. The zero-order valence-corrected chi connectivity index (χ0v) is 9.24. The molecule has 3 nitrogen and oxygen atoms in total. The second kappa shape index (κ2) is 3.10.